The number of rotatable bonds is 5. The number of nitrogens with zero attached hydrogens (tertiary/aromatic N) is 2. The third-order valence-electron chi connectivity index (χ3n) is 5.31. The Morgan fingerprint density at radius 2 is 1.77 bits per heavy atom. The number of hydrogen-bond donors (Lipinski definition) is 1. The van der Waals surface area contributed by atoms with E-state index in [0.717, 1.165) is 11.5 Å². The van der Waals surface area contributed by atoms with E-state index < -0.39 is 10.0 Å². The number of carbonyl (C=O) groups is 2. The Morgan fingerprint density at radius 1 is 1.03 bits per heavy atom. The van der Waals surface area contributed by atoms with Gasteiger partial charge in [0, 0.05) is 54.7 Å². The van der Waals surface area contributed by atoms with Gasteiger partial charge in [0.15, 0.2) is 0 Å². The fourth-order valence-electron chi connectivity index (χ4n) is 3.62. The predicted octanol–water partition coefficient (Wildman–Crippen LogP) is 2.58. The topological polar surface area (TPSA) is 86.8 Å². The third-order valence-corrected chi connectivity index (χ3v) is 9.91. The van der Waals surface area contributed by atoms with E-state index in [1.165, 1.54) is 27.0 Å². The van der Waals surface area contributed by atoms with E-state index in [-0.39, 0.29) is 27.6 Å². The minimum atomic E-state index is -3.66. The van der Waals surface area contributed by atoms with Crippen molar-refractivity contribution in [2.24, 2.45) is 0 Å². The standard InChI is InChI=1S/C19H23N3O4S4/c23-18(14-3-9-28-13-14)20-15-1-5-21(6-2-15)19(24)17-16(4-10-29-17)30(25,26)22-7-11-27-12-8-22/h3-4,9-10,13,15H,1-2,5-8,11-12H2,(H,20,23). The smallest absolute Gasteiger partial charge is 0.265 e. The Balaban J connectivity index is 1.39. The molecule has 2 aromatic heterocycles. The van der Waals surface area contributed by atoms with Gasteiger partial charge in [0.2, 0.25) is 10.0 Å². The summed E-state index contributed by atoms with van der Waals surface area (Å²) in [6.45, 7) is 1.94. The van der Waals surface area contributed by atoms with Crippen LogP contribution < -0.4 is 5.32 Å². The summed E-state index contributed by atoms with van der Waals surface area (Å²) in [4.78, 5) is 27.4. The summed E-state index contributed by atoms with van der Waals surface area (Å²) in [7, 11) is -3.66. The monoisotopic (exact) mass is 485 g/mol. The lowest BCUT2D eigenvalue weighted by Crippen LogP contribution is -2.46. The van der Waals surface area contributed by atoms with Crippen LogP contribution in [0.2, 0.25) is 0 Å². The lowest BCUT2D eigenvalue weighted by molar-refractivity contribution is 0.0699. The van der Waals surface area contributed by atoms with E-state index in [1.807, 2.05) is 10.8 Å². The van der Waals surface area contributed by atoms with Crippen molar-refractivity contribution in [3.05, 3.63) is 38.7 Å². The van der Waals surface area contributed by atoms with Gasteiger partial charge in [-0.3, -0.25) is 9.59 Å². The highest BCUT2D eigenvalue weighted by Gasteiger charge is 2.33. The van der Waals surface area contributed by atoms with Gasteiger partial charge in [-0.2, -0.15) is 27.4 Å². The van der Waals surface area contributed by atoms with Gasteiger partial charge in [-0.25, -0.2) is 8.42 Å². The first-order valence-electron chi connectivity index (χ1n) is 9.74. The van der Waals surface area contributed by atoms with E-state index in [0.29, 0.717) is 44.6 Å². The lowest BCUT2D eigenvalue weighted by atomic mass is 10.0. The van der Waals surface area contributed by atoms with E-state index in [2.05, 4.69) is 5.32 Å². The van der Waals surface area contributed by atoms with Crippen molar-refractivity contribution in [1.82, 2.24) is 14.5 Å². The molecule has 0 radical (unpaired) electrons. The lowest BCUT2D eigenvalue weighted by Gasteiger charge is -2.32. The van der Waals surface area contributed by atoms with Crippen molar-refractivity contribution in [1.29, 1.82) is 0 Å². The van der Waals surface area contributed by atoms with E-state index in [9.17, 15) is 18.0 Å². The van der Waals surface area contributed by atoms with Gasteiger partial charge in [0.05, 0.1) is 0 Å². The molecule has 0 atom stereocenters. The second kappa shape index (κ2) is 9.39. The van der Waals surface area contributed by atoms with Crippen molar-refractivity contribution >= 4 is 56.3 Å². The molecule has 2 aliphatic heterocycles. The molecule has 0 bridgehead atoms. The zero-order valence-corrected chi connectivity index (χ0v) is 19.5. The molecule has 2 saturated heterocycles. The van der Waals surface area contributed by atoms with Crippen LogP contribution in [0.25, 0.3) is 0 Å². The van der Waals surface area contributed by atoms with Crippen molar-refractivity contribution in [2.45, 2.75) is 23.8 Å². The minimum absolute atomic E-state index is 0.0128. The van der Waals surface area contributed by atoms with Crippen LogP contribution in [0.5, 0.6) is 0 Å². The Labute approximate surface area is 188 Å². The molecule has 0 spiro atoms. The number of hydrogen-bond acceptors (Lipinski definition) is 7. The van der Waals surface area contributed by atoms with Crippen LogP contribution in [0, 0.1) is 0 Å². The number of nitrogens with one attached hydrogen (secondary N) is 1. The molecule has 2 amide bonds. The second-order valence-corrected chi connectivity index (χ2v) is 12.0. The summed E-state index contributed by atoms with van der Waals surface area (Å²) < 4.78 is 27.6. The highest BCUT2D eigenvalue weighted by Crippen LogP contribution is 2.29. The van der Waals surface area contributed by atoms with E-state index >= 15 is 0 Å². The summed E-state index contributed by atoms with van der Waals surface area (Å²) in [6.07, 6.45) is 1.30. The quantitative estimate of drug-likeness (QED) is 0.704. The zero-order chi connectivity index (χ0) is 21.1. The maximum absolute atomic E-state index is 13.1. The number of likely N-dealkylation sites (tertiary alicyclic amines) is 1. The maximum atomic E-state index is 13.1. The molecule has 4 rings (SSSR count). The van der Waals surface area contributed by atoms with Crippen LogP contribution in [0.3, 0.4) is 0 Å². The van der Waals surface area contributed by atoms with Gasteiger partial charge in [0.25, 0.3) is 11.8 Å². The number of thioether (sulfide) groups is 1. The predicted molar refractivity (Wildman–Crippen MR) is 121 cm³/mol. The van der Waals surface area contributed by atoms with Crippen LogP contribution in [0.15, 0.2) is 33.2 Å². The molecule has 30 heavy (non-hydrogen) atoms. The molecule has 4 heterocycles. The van der Waals surface area contributed by atoms with E-state index in [4.69, 9.17) is 0 Å². The first kappa shape index (κ1) is 21.8. The largest absolute Gasteiger partial charge is 0.349 e. The Morgan fingerprint density at radius 3 is 2.43 bits per heavy atom. The molecule has 0 saturated carbocycles. The molecule has 11 heteroatoms. The number of sulfonamides is 1. The van der Waals surface area contributed by atoms with Crippen molar-refractivity contribution in [3.63, 3.8) is 0 Å². The van der Waals surface area contributed by atoms with Crippen LogP contribution >= 0.6 is 34.4 Å². The molecule has 162 valence electrons. The zero-order valence-electron chi connectivity index (χ0n) is 16.3. The summed E-state index contributed by atoms with van der Waals surface area (Å²) in [5.74, 6) is 1.22. The van der Waals surface area contributed by atoms with Crippen LogP contribution in [0.4, 0.5) is 0 Å². The first-order chi connectivity index (χ1) is 14.5. The minimum Gasteiger partial charge on any atom is -0.349 e. The number of thiophene rings is 2. The SMILES string of the molecule is O=C(NC1CCN(C(=O)c2sccc2S(=O)(=O)N2CCSCC2)CC1)c1ccsc1. The second-order valence-electron chi connectivity index (χ2n) is 7.18. The summed E-state index contributed by atoms with van der Waals surface area (Å²) >= 11 is 4.40. The molecule has 7 nitrogen and oxygen atoms in total. The summed E-state index contributed by atoms with van der Waals surface area (Å²) in [5.41, 5.74) is 0.656. The van der Waals surface area contributed by atoms with Crippen LogP contribution in [-0.4, -0.2) is 73.2 Å². The van der Waals surface area contributed by atoms with E-state index in [1.54, 1.807) is 34.2 Å². The fraction of sp³-hybridized carbons (Fsp3) is 0.474. The van der Waals surface area contributed by atoms with Gasteiger partial charge in [0.1, 0.15) is 9.77 Å². The Bertz CT molecular complexity index is 989. The number of amides is 2. The van der Waals surface area contributed by atoms with Crippen LogP contribution in [0.1, 0.15) is 32.9 Å². The molecule has 0 unspecified atom stereocenters. The van der Waals surface area contributed by atoms with Crippen molar-refractivity contribution in [2.75, 3.05) is 37.7 Å². The average Bonchev–Trinajstić information content (AvgIpc) is 3.47. The van der Waals surface area contributed by atoms with Crippen LogP contribution in [-0.2, 0) is 10.0 Å². The Kier molecular flexibility index (Phi) is 6.83. The molecule has 0 aliphatic carbocycles. The molecule has 2 fully saturated rings. The van der Waals surface area contributed by atoms with Gasteiger partial charge >= 0.3 is 0 Å². The molecular formula is C19H23N3O4S4. The highest BCUT2D eigenvalue weighted by atomic mass is 32.2. The van der Waals surface area contributed by atoms with Gasteiger partial charge in [-0.05, 0) is 35.7 Å². The maximum Gasteiger partial charge on any atom is 0.265 e. The van der Waals surface area contributed by atoms with Gasteiger partial charge < -0.3 is 10.2 Å². The molecule has 1 N–H and O–H groups in total. The molecular weight excluding hydrogens is 462 g/mol. The molecule has 2 aliphatic rings. The summed E-state index contributed by atoms with van der Waals surface area (Å²) in [6, 6.07) is 3.35. The summed E-state index contributed by atoms with van der Waals surface area (Å²) in [5, 5.41) is 8.38. The van der Waals surface area contributed by atoms with Crippen molar-refractivity contribution < 1.29 is 18.0 Å². The molecule has 0 aromatic carbocycles. The Hall–Kier alpha value is -1.40. The fourth-order valence-corrected chi connectivity index (χ4v) is 8.19. The normalized spacial score (nSPS) is 19.0. The first-order valence-corrected chi connectivity index (χ1v) is 14.2. The highest BCUT2D eigenvalue weighted by molar-refractivity contribution is 7.99. The molecule has 2 aromatic rings. The number of piperidine rings is 1. The third kappa shape index (κ3) is 4.59. The van der Waals surface area contributed by atoms with Gasteiger partial charge in [-0.15, -0.1) is 11.3 Å². The average molecular weight is 486 g/mol. The number of carbonyl (C=O) groups excluding carboxylic acids is 2. The van der Waals surface area contributed by atoms with Gasteiger partial charge in [-0.1, -0.05) is 0 Å². The van der Waals surface area contributed by atoms with Crippen molar-refractivity contribution in [3.8, 4) is 0 Å².